The van der Waals surface area contributed by atoms with Gasteiger partial charge in [0.15, 0.2) is 11.6 Å². The van der Waals surface area contributed by atoms with Crippen LogP contribution in [0.4, 0.5) is 13.2 Å². The lowest BCUT2D eigenvalue weighted by Gasteiger charge is -2.38. The number of halogens is 4. The van der Waals surface area contributed by atoms with E-state index in [0.29, 0.717) is 32.1 Å². The Morgan fingerprint density at radius 2 is 1.82 bits per heavy atom. The largest absolute Gasteiger partial charge is 0.393 e. The molecule has 0 radical (unpaired) electrons. The monoisotopic (exact) mass is 580 g/mol. The molecule has 1 spiro atoms. The van der Waals surface area contributed by atoms with Crippen LogP contribution in [-0.4, -0.2) is 40.4 Å². The zero-order valence-corrected chi connectivity index (χ0v) is 23.6. The number of rotatable bonds is 4. The Labute approximate surface area is 235 Å². The van der Waals surface area contributed by atoms with Crippen molar-refractivity contribution >= 4 is 34.4 Å². The highest BCUT2D eigenvalue weighted by Gasteiger charge is 2.66. The van der Waals surface area contributed by atoms with Crippen LogP contribution in [0, 0.1) is 22.9 Å². The third-order valence-electron chi connectivity index (χ3n) is 8.22. The van der Waals surface area contributed by atoms with Crippen molar-refractivity contribution in [3.8, 4) is 0 Å². The molecule has 3 aliphatic rings. The molecule has 210 valence electrons. The van der Waals surface area contributed by atoms with Gasteiger partial charge in [-0.05, 0) is 66.8 Å². The van der Waals surface area contributed by atoms with Crippen LogP contribution in [-0.2, 0) is 15.0 Å². The molecule has 0 bridgehead atoms. The molecule has 0 unspecified atom stereocenters. The van der Waals surface area contributed by atoms with Crippen LogP contribution in [0.2, 0.25) is 5.02 Å². The molecule has 5 nitrogen and oxygen atoms in total. The standard InChI is InChI=1S/C29H32ClF3N2O3S/c1-28(2,3)13-22-29(17-11-19(31)20(32)12-21(17)39-27(29)38)23(16-5-4-6-18(30)24(16)33)25(35-22)26(37)34-14-7-9-15(36)10-8-14/h4-6,11-12,14-15,22-23,25,35-36H,7-10,13H2,1-3H3,(H,34,37)/t14?,15?,22-,23+,25-,29+/m1/s1. The van der Waals surface area contributed by atoms with E-state index in [-0.39, 0.29) is 32.5 Å². The summed E-state index contributed by atoms with van der Waals surface area (Å²) in [5.74, 6) is -4.44. The second-order valence-corrected chi connectivity index (χ2v) is 13.5. The number of aliphatic hydroxyl groups excluding tert-OH is 1. The Hall–Kier alpha value is -2.07. The number of carbonyl (C=O) groups excluding carboxylic acids is 2. The Kier molecular flexibility index (Phi) is 7.59. The number of hydrogen-bond donors (Lipinski definition) is 3. The van der Waals surface area contributed by atoms with Crippen LogP contribution in [0.5, 0.6) is 0 Å². The van der Waals surface area contributed by atoms with E-state index in [9.17, 15) is 23.5 Å². The summed E-state index contributed by atoms with van der Waals surface area (Å²) in [6.07, 6.45) is 2.28. The molecular weight excluding hydrogens is 549 g/mol. The number of carbonyl (C=O) groups is 2. The van der Waals surface area contributed by atoms with Gasteiger partial charge in [-0.15, -0.1) is 0 Å². The van der Waals surface area contributed by atoms with Crippen LogP contribution in [0.1, 0.15) is 69.9 Å². The molecule has 1 saturated heterocycles. The maximum atomic E-state index is 15.8. The Morgan fingerprint density at radius 3 is 2.49 bits per heavy atom. The fourth-order valence-electron chi connectivity index (χ4n) is 6.54. The Morgan fingerprint density at radius 1 is 1.15 bits per heavy atom. The highest BCUT2D eigenvalue weighted by atomic mass is 35.5. The first-order chi connectivity index (χ1) is 18.3. The van der Waals surface area contributed by atoms with Gasteiger partial charge in [-0.2, -0.15) is 0 Å². The molecule has 2 fully saturated rings. The van der Waals surface area contributed by atoms with Gasteiger partial charge in [0.05, 0.1) is 22.6 Å². The van der Waals surface area contributed by atoms with E-state index in [1.165, 1.54) is 12.1 Å². The van der Waals surface area contributed by atoms with Crippen molar-refractivity contribution in [1.82, 2.24) is 10.6 Å². The average molecular weight is 581 g/mol. The van der Waals surface area contributed by atoms with Crippen molar-refractivity contribution in [3.05, 3.63) is 63.9 Å². The van der Waals surface area contributed by atoms with Gasteiger partial charge in [-0.25, -0.2) is 13.2 Å². The van der Waals surface area contributed by atoms with Crippen LogP contribution in [0.25, 0.3) is 0 Å². The van der Waals surface area contributed by atoms with E-state index < -0.39 is 58.0 Å². The van der Waals surface area contributed by atoms with Crippen LogP contribution < -0.4 is 10.6 Å². The second-order valence-electron chi connectivity index (χ2n) is 12.1. The van der Waals surface area contributed by atoms with Crippen molar-refractivity contribution < 1.29 is 27.9 Å². The predicted molar refractivity (Wildman–Crippen MR) is 144 cm³/mol. The van der Waals surface area contributed by atoms with E-state index in [1.807, 2.05) is 20.8 Å². The van der Waals surface area contributed by atoms with Gasteiger partial charge in [0.2, 0.25) is 11.0 Å². The van der Waals surface area contributed by atoms with Gasteiger partial charge in [-0.1, -0.05) is 56.3 Å². The Bertz CT molecular complexity index is 1310. The third kappa shape index (κ3) is 5.00. The minimum absolute atomic E-state index is 0.0668. The first kappa shape index (κ1) is 28.5. The van der Waals surface area contributed by atoms with Crippen molar-refractivity contribution in [3.63, 3.8) is 0 Å². The fraction of sp³-hybridized carbons (Fsp3) is 0.517. The van der Waals surface area contributed by atoms with Gasteiger partial charge in [0, 0.05) is 22.9 Å². The molecule has 39 heavy (non-hydrogen) atoms. The van der Waals surface area contributed by atoms with Gasteiger partial charge >= 0.3 is 0 Å². The molecule has 0 aromatic heterocycles. The molecule has 10 heteroatoms. The first-order valence-electron chi connectivity index (χ1n) is 13.2. The topological polar surface area (TPSA) is 78.4 Å². The smallest absolute Gasteiger partial charge is 0.238 e. The normalized spacial score (nSPS) is 30.6. The van der Waals surface area contributed by atoms with E-state index in [2.05, 4.69) is 10.6 Å². The molecule has 5 rings (SSSR count). The lowest BCUT2D eigenvalue weighted by molar-refractivity contribution is -0.124. The van der Waals surface area contributed by atoms with Crippen LogP contribution in [0.15, 0.2) is 35.2 Å². The summed E-state index contributed by atoms with van der Waals surface area (Å²) < 4.78 is 44.8. The second kappa shape index (κ2) is 10.4. The number of hydrogen-bond acceptors (Lipinski definition) is 5. The third-order valence-corrected chi connectivity index (χ3v) is 9.59. The van der Waals surface area contributed by atoms with Gasteiger partial charge < -0.3 is 15.7 Å². The van der Waals surface area contributed by atoms with E-state index in [1.54, 1.807) is 6.07 Å². The number of nitrogens with one attached hydrogen (secondary N) is 2. The van der Waals surface area contributed by atoms with E-state index in [0.717, 1.165) is 23.9 Å². The quantitative estimate of drug-likeness (QED) is 0.438. The van der Waals surface area contributed by atoms with Crippen molar-refractivity contribution in [2.45, 2.75) is 93.3 Å². The SMILES string of the molecule is CC(C)(C)C[C@H]1N[C@@H](C(=O)NC2CCC(O)CC2)[C@H](c2cccc(Cl)c2F)[C@@]12C(=O)Sc1cc(F)c(F)cc12. The maximum Gasteiger partial charge on any atom is 0.238 e. The van der Waals surface area contributed by atoms with Gasteiger partial charge in [-0.3, -0.25) is 9.59 Å². The number of amides is 1. The molecule has 1 amide bonds. The molecule has 2 heterocycles. The summed E-state index contributed by atoms with van der Waals surface area (Å²) in [5, 5.41) is 15.7. The molecule has 1 saturated carbocycles. The number of aliphatic hydroxyl groups is 1. The number of benzene rings is 2. The van der Waals surface area contributed by atoms with Crippen LogP contribution >= 0.6 is 23.4 Å². The lowest BCUT2D eigenvalue weighted by Crippen LogP contribution is -2.49. The number of fused-ring (bicyclic) bond motifs is 2. The average Bonchev–Trinajstić information content (AvgIpc) is 3.32. The van der Waals surface area contributed by atoms with Crippen molar-refractivity contribution in [2.75, 3.05) is 0 Å². The van der Waals surface area contributed by atoms with Gasteiger partial charge in [0.25, 0.3) is 0 Å². The fourth-order valence-corrected chi connectivity index (χ4v) is 7.96. The zero-order chi connectivity index (χ0) is 28.3. The van der Waals surface area contributed by atoms with E-state index >= 15 is 4.39 Å². The van der Waals surface area contributed by atoms with Crippen molar-refractivity contribution in [2.24, 2.45) is 5.41 Å². The Balaban J connectivity index is 1.69. The summed E-state index contributed by atoms with van der Waals surface area (Å²) in [5.41, 5.74) is -1.58. The molecule has 2 aliphatic heterocycles. The first-order valence-corrected chi connectivity index (χ1v) is 14.4. The molecule has 3 N–H and O–H groups in total. The lowest BCUT2D eigenvalue weighted by atomic mass is 9.62. The predicted octanol–water partition coefficient (Wildman–Crippen LogP) is 5.61. The molecule has 2 aromatic carbocycles. The minimum atomic E-state index is -1.56. The summed E-state index contributed by atoms with van der Waals surface area (Å²) in [6, 6.07) is 4.55. The summed E-state index contributed by atoms with van der Waals surface area (Å²) in [6.45, 7) is 5.95. The summed E-state index contributed by atoms with van der Waals surface area (Å²) >= 11 is 6.99. The maximum absolute atomic E-state index is 15.8. The van der Waals surface area contributed by atoms with Crippen LogP contribution in [0.3, 0.4) is 0 Å². The van der Waals surface area contributed by atoms with Crippen molar-refractivity contribution in [1.29, 1.82) is 0 Å². The summed E-state index contributed by atoms with van der Waals surface area (Å²) in [7, 11) is 0. The summed E-state index contributed by atoms with van der Waals surface area (Å²) in [4.78, 5) is 28.3. The van der Waals surface area contributed by atoms with E-state index in [4.69, 9.17) is 11.6 Å². The molecule has 4 atom stereocenters. The highest BCUT2D eigenvalue weighted by Crippen LogP contribution is 2.60. The van der Waals surface area contributed by atoms with Gasteiger partial charge in [0.1, 0.15) is 5.82 Å². The molecule has 2 aromatic rings. The molecule has 1 aliphatic carbocycles. The highest BCUT2D eigenvalue weighted by molar-refractivity contribution is 8.14. The zero-order valence-electron chi connectivity index (χ0n) is 22.0. The number of thioether (sulfide) groups is 1. The minimum Gasteiger partial charge on any atom is -0.393 e. The molecular formula is C29H32ClF3N2O3S.